The highest BCUT2D eigenvalue weighted by Crippen LogP contribution is 2.24. The quantitative estimate of drug-likeness (QED) is 0.677. The van der Waals surface area contributed by atoms with Crippen molar-refractivity contribution in [1.29, 1.82) is 0 Å². The highest BCUT2D eigenvalue weighted by molar-refractivity contribution is 5.82. The molecule has 14 heavy (non-hydrogen) atoms. The smallest absolute Gasteiger partial charge is 0.138 e. The molecule has 0 radical (unpaired) electrons. The first kappa shape index (κ1) is 11.7. The van der Waals surface area contributed by atoms with Gasteiger partial charge in [-0.2, -0.15) is 0 Å². The minimum absolute atomic E-state index is 0.213. The maximum atomic E-state index is 11.5. The molecule has 0 spiro atoms. The highest BCUT2D eigenvalue weighted by Gasteiger charge is 2.33. The summed E-state index contributed by atoms with van der Waals surface area (Å²) in [4.78, 5) is 14.0. The maximum Gasteiger partial charge on any atom is 0.138 e. The summed E-state index contributed by atoms with van der Waals surface area (Å²) in [5, 5.41) is 0. The zero-order valence-corrected chi connectivity index (χ0v) is 10.1. The van der Waals surface area contributed by atoms with Crippen LogP contribution in [0.2, 0.25) is 0 Å². The van der Waals surface area contributed by atoms with Crippen molar-refractivity contribution >= 4 is 5.78 Å². The van der Waals surface area contributed by atoms with Crippen molar-refractivity contribution in [3.05, 3.63) is 0 Å². The van der Waals surface area contributed by atoms with E-state index in [0.29, 0.717) is 23.8 Å². The lowest BCUT2D eigenvalue weighted by Gasteiger charge is -2.42. The molecule has 0 bridgehead atoms. The Morgan fingerprint density at radius 3 is 2.36 bits per heavy atom. The molecule has 1 saturated heterocycles. The van der Waals surface area contributed by atoms with Crippen molar-refractivity contribution < 1.29 is 4.79 Å². The van der Waals surface area contributed by atoms with Gasteiger partial charge in [0.25, 0.3) is 0 Å². The van der Waals surface area contributed by atoms with Crippen LogP contribution in [-0.2, 0) is 4.79 Å². The molecule has 2 heteroatoms. The minimum atomic E-state index is 0.213. The fraction of sp³-hybridized carbons (Fsp3) is 0.917. The van der Waals surface area contributed by atoms with Crippen molar-refractivity contribution in [2.45, 2.75) is 53.1 Å². The van der Waals surface area contributed by atoms with Gasteiger partial charge in [0.15, 0.2) is 0 Å². The molecule has 2 nitrogen and oxygen atoms in total. The Morgan fingerprint density at radius 1 is 1.29 bits per heavy atom. The topological polar surface area (TPSA) is 20.3 Å². The van der Waals surface area contributed by atoms with Gasteiger partial charge < -0.3 is 0 Å². The summed E-state index contributed by atoms with van der Waals surface area (Å²) in [5.41, 5.74) is 0. The van der Waals surface area contributed by atoms with Crippen molar-refractivity contribution in [2.75, 3.05) is 6.54 Å². The van der Waals surface area contributed by atoms with Crippen molar-refractivity contribution in [3.8, 4) is 0 Å². The van der Waals surface area contributed by atoms with Crippen LogP contribution in [-0.4, -0.2) is 29.3 Å². The van der Waals surface area contributed by atoms with E-state index in [4.69, 9.17) is 0 Å². The predicted octanol–water partition coefficient (Wildman–Crippen LogP) is 2.33. The highest BCUT2D eigenvalue weighted by atomic mass is 16.1. The molecule has 0 aromatic rings. The second-order valence-corrected chi connectivity index (χ2v) is 4.97. The van der Waals surface area contributed by atoms with Crippen LogP contribution >= 0.6 is 0 Å². The van der Waals surface area contributed by atoms with Crippen LogP contribution in [0.3, 0.4) is 0 Å². The standard InChI is InChI=1S/C12H23NO/c1-8(2)10(4)13-7-6-12(14)9(3)11(13)5/h8-11H,6-7H2,1-5H3. The van der Waals surface area contributed by atoms with Gasteiger partial charge in [-0.05, 0) is 19.8 Å². The summed E-state index contributed by atoms with van der Waals surface area (Å²) in [6.07, 6.45) is 0.739. The Morgan fingerprint density at radius 2 is 1.86 bits per heavy atom. The number of ketones is 1. The van der Waals surface area contributed by atoms with Gasteiger partial charge in [-0.25, -0.2) is 0 Å². The molecular formula is C12H23NO. The zero-order valence-electron chi connectivity index (χ0n) is 10.1. The molecule has 82 valence electrons. The molecule has 0 saturated carbocycles. The van der Waals surface area contributed by atoms with E-state index >= 15 is 0 Å². The first-order valence-electron chi connectivity index (χ1n) is 5.73. The van der Waals surface area contributed by atoms with Crippen molar-refractivity contribution in [2.24, 2.45) is 11.8 Å². The van der Waals surface area contributed by atoms with Gasteiger partial charge >= 0.3 is 0 Å². The molecular weight excluding hydrogens is 174 g/mol. The number of likely N-dealkylation sites (tertiary alicyclic amines) is 1. The Hall–Kier alpha value is -0.370. The number of hydrogen-bond donors (Lipinski definition) is 0. The molecule has 0 aliphatic carbocycles. The predicted molar refractivity (Wildman–Crippen MR) is 59.3 cm³/mol. The second kappa shape index (κ2) is 4.43. The minimum Gasteiger partial charge on any atom is -0.299 e. The molecule has 1 aliphatic heterocycles. The lowest BCUT2D eigenvalue weighted by atomic mass is 9.88. The Labute approximate surface area is 87.7 Å². The van der Waals surface area contributed by atoms with E-state index in [0.717, 1.165) is 13.0 Å². The summed E-state index contributed by atoms with van der Waals surface area (Å²) in [5.74, 6) is 1.31. The van der Waals surface area contributed by atoms with Gasteiger partial charge in [-0.15, -0.1) is 0 Å². The third-order valence-corrected chi connectivity index (χ3v) is 3.86. The van der Waals surface area contributed by atoms with Crippen LogP contribution in [0.1, 0.15) is 41.0 Å². The van der Waals surface area contributed by atoms with Gasteiger partial charge in [-0.3, -0.25) is 9.69 Å². The number of hydrogen-bond acceptors (Lipinski definition) is 2. The largest absolute Gasteiger partial charge is 0.299 e. The van der Waals surface area contributed by atoms with Crippen molar-refractivity contribution in [1.82, 2.24) is 4.90 Å². The molecule has 0 aromatic heterocycles. The van der Waals surface area contributed by atoms with E-state index in [9.17, 15) is 4.79 Å². The number of carbonyl (C=O) groups is 1. The lowest BCUT2D eigenvalue weighted by molar-refractivity contribution is -0.129. The molecule has 1 aliphatic rings. The van der Waals surface area contributed by atoms with E-state index in [1.165, 1.54) is 0 Å². The average Bonchev–Trinajstić information content (AvgIpc) is 2.13. The SMILES string of the molecule is CC(C)C(C)N1CCC(=O)C(C)C1C. The average molecular weight is 197 g/mol. The Bertz CT molecular complexity index is 212. The van der Waals surface area contributed by atoms with Gasteiger partial charge in [0.05, 0.1) is 0 Å². The van der Waals surface area contributed by atoms with E-state index in [1.54, 1.807) is 0 Å². The van der Waals surface area contributed by atoms with Gasteiger partial charge in [0.1, 0.15) is 5.78 Å². The fourth-order valence-electron chi connectivity index (χ4n) is 2.18. The van der Waals surface area contributed by atoms with Crippen LogP contribution in [0.15, 0.2) is 0 Å². The fourth-order valence-corrected chi connectivity index (χ4v) is 2.18. The molecule has 3 atom stereocenters. The van der Waals surface area contributed by atoms with Crippen LogP contribution in [0.25, 0.3) is 0 Å². The molecule has 0 N–H and O–H groups in total. The number of piperidine rings is 1. The van der Waals surface area contributed by atoms with Crippen LogP contribution < -0.4 is 0 Å². The normalized spacial score (nSPS) is 32.3. The lowest BCUT2D eigenvalue weighted by Crippen LogP contribution is -2.52. The van der Waals surface area contributed by atoms with Crippen LogP contribution in [0.4, 0.5) is 0 Å². The molecule has 1 heterocycles. The number of carbonyl (C=O) groups excluding carboxylic acids is 1. The number of Topliss-reactive ketones (excluding diaryl/α,β-unsaturated/α-hetero) is 1. The number of nitrogens with zero attached hydrogens (tertiary/aromatic N) is 1. The van der Waals surface area contributed by atoms with Crippen molar-refractivity contribution in [3.63, 3.8) is 0 Å². The van der Waals surface area contributed by atoms with E-state index in [-0.39, 0.29) is 5.92 Å². The summed E-state index contributed by atoms with van der Waals surface area (Å²) in [6, 6.07) is 0.995. The van der Waals surface area contributed by atoms with Gasteiger partial charge in [0, 0.05) is 31.0 Å². The van der Waals surface area contributed by atoms with E-state index < -0.39 is 0 Å². The second-order valence-electron chi connectivity index (χ2n) is 4.97. The zero-order chi connectivity index (χ0) is 10.9. The Kier molecular flexibility index (Phi) is 3.71. The molecule has 3 unspecified atom stereocenters. The maximum absolute atomic E-state index is 11.5. The Balaban J connectivity index is 2.67. The van der Waals surface area contributed by atoms with Crippen LogP contribution in [0, 0.1) is 11.8 Å². The molecule has 1 rings (SSSR count). The summed E-state index contributed by atoms with van der Waals surface area (Å²) in [7, 11) is 0. The summed E-state index contributed by atoms with van der Waals surface area (Å²) in [6.45, 7) is 12.0. The molecule has 0 aromatic carbocycles. The molecule has 1 fully saturated rings. The third-order valence-electron chi connectivity index (χ3n) is 3.86. The molecule has 0 amide bonds. The van der Waals surface area contributed by atoms with Gasteiger partial charge in [0.2, 0.25) is 0 Å². The number of rotatable bonds is 2. The van der Waals surface area contributed by atoms with Gasteiger partial charge in [-0.1, -0.05) is 20.8 Å². The first-order chi connectivity index (χ1) is 6.45. The first-order valence-corrected chi connectivity index (χ1v) is 5.73. The third kappa shape index (κ3) is 2.17. The monoisotopic (exact) mass is 197 g/mol. The van der Waals surface area contributed by atoms with E-state index in [2.05, 4.69) is 39.5 Å². The summed E-state index contributed by atoms with van der Waals surface area (Å²) < 4.78 is 0. The van der Waals surface area contributed by atoms with Crippen LogP contribution in [0.5, 0.6) is 0 Å². The van der Waals surface area contributed by atoms with E-state index in [1.807, 2.05) is 0 Å². The summed E-state index contributed by atoms with van der Waals surface area (Å²) >= 11 is 0.